The molecule has 2 aliphatic carbocycles. The molecule has 1 atom stereocenters. The van der Waals surface area contributed by atoms with Crippen LogP contribution in [0.5, 0.6) is 17.2 Å². The van der Waals surface area contributed by atoms with E-state index in [-0.39, 0.29) is 35.7 Å². The van der Waals surface area contributed by atoms with Gasteiger partial charge in [0, 0.05) is 10.5 Å². The zero-order chi connectivity index (χ0) is 25.8. The zero-order valence-corrected chi connectivity index (χ0v) is 21.5. The second-order valence-corrected chi connectivity index (χ2v) is 10.9. The number of aromatic nitrogens is 1. The summed E-state index contributed by atoms with van der Waals surface area (Å²) in [5.74, 6) is 0.382. The first-order valence-electron chi connectivity index (χ1n) is 12.6. The molecule has 1 unspecified atom stereocenters. The van der Waals surface area contributed by atoms with E-state index < -0.39 is 11.8 Å². The Bertz CT molecular complexity index is 1240. The third kappa shape index (κ3) is 6.39. The molecular weight excluding hydrogens is 497 g/mol. The molecule has 2 aliphatic rings. The normalized spacial score (nSPS) is 16.5. The first kappa shape index (κ1) is 25.4. The third-order valence-corrected chi connectivity index (χ3v) is 8.19. The fraction of sp³-hybridized carbons (Fsp3) is 0.429. The van der Waals surface area contributed by atoms with Crippen molar-refractivity contribution in [1.82, 2.24) is 5.16 Å². The van der Waals surface area contributed by atoms with Crippen LogP contribution in [-0.4, -0.2) is 34.7 Å². The minimum absolute atomic E-state index is 0.00474. The minimum atomic E-state index is -0.821. The van der Waals surface area contributed by atoms with Crippen LogP contribution in [-0.2, 0) is 11.4 Å². The van der Waals surface area contributed by atoms with Gasteiger partial charge >= 0.3 is 5.97 Å². The van der Waals surface area contributed by atoms with Gasteiger partial charge in [0.15, 0.2) is 11.4 Å². The highest BCUT2D eigenvalue weighted by atomic mass is 32.2. The summed E-state index contributed by atoms with van der Waals surface area (Å²) < 4.78 is 38.0. The van der Waals surface area contributed by atoms with Gasteiger partial charge in [0.2, 0.25) is 5.76 Å². The van der Waals surface area contributed by atoms with Crippen LogP contribution < -0.4 is 14.2 Å². The lowest BCUT2D eigenvalue weighted by Crippen LogP contribution is -2.13. The predicted octanol–water partition coefficient (Wildman–Crippen LogP) is 6.80. The Labute approximate surface area is 219 Å². The van der Waals surface area contributed by atoms with Gasteiger partial charge in [-0.1, -0.05) is 17.3 Å². The van der Waals surface area contributed by atoms with Gasteiger partial charge < -0.3 is 23.8 Å². The van der Waals surface area contributed by atoms with Crippen LogP contribution in [0, 0.1) is 5.82 Å². The largest absolute Gasteiger partial charge is 0.497 e. The van der Waals surface area contributed by atoms with E-state index >= 15 is 0 Å². The number of thioether (sulfide) groups is 1. The summed E-state index contributed by atoms with van der Waals surface area (Å²) >= 11 is 1.71. The smallest absolute Gasteiger partial charge is 0.304 e. The topological polar surface area (TPSA) is 91.0 Å². The molecule has 2 fully saturated rings. The SMILES string of the molecule is COc1ccc(F)c(-c2onc(COc3cccc(C(CC(=O)O)SC4CC4)c3)c2OC2CCCC2)c1. The maximum Gasteiger partial charge on any atom is 0.304 e. The Kier molecular flexibility index (Phi) is 7.88. The van der Waals surface area contributed by atoms with Gasteiger partial charge in [-0.25, -0.2) is 4.39 Å². The fourth-order valence-corrected chi connectivity index (χ4v) is 5.89. The lowest BCUT2D eigenvalue weighted by Gasteiger charge is -2.16. The highest BCUT2D eigenvalue weighted by molar-refractivity contribution is 8.00. The molecule has 0 radical (unpaired) electrons. The maximum absolute atomic E-state index is 14.8. The molecule has 2 saturated carbocycles. The molecule has 7 nitrogen and oxygen atoms in total. The second kappa shape index (κ2) is 11.5. The summed E-state index contributed by atoms with van der Waals surface area (Å²) in [6.45, 7) is 0.0555. The molecule has 5 rings (SSSR count). The van der Waals surface area contributed by atoms with Crippen LogP contribution in [0.4, 0.5) is 4.39 Å². The lowest BCUT2D eigenvalue weighted by molar-refractivity contribution is -0.137. The highest BCUT2D eigenvalue weighted by Gasteiger charge is 2.29. The van der Waals surface area contributed by atoms with Crippen molar-refractivity contribution in [2.45, 2.75) is 68.2 Å². The monoisotopic (exact) mass is 527 g/mol. The van der Waals surface area contributed by atoms with Gasteiger partial charge in [0.05, 0.1) is 25.2 Å². The number of aliphatic carboxylic acids is 1. The van der Waals surface area contributed by atoms with Crippen LogP contribution >= 0.6 is 11.8 Å². The molecule has 0 saturated heterocycles. The number of carboxylic acid groups (broad SMARTS) is 1. The van der Waals surface area contributed by atoms with E-state index in [1.54, 1.807) is 23.9 Å². The Hall–Kier alpha value is -3.20. The van der Waals surface area contributed by atoms with Crippen molar-refractivity contribution in [1.29, 1.82) is 0 Å². The first-order chi connectivity index (χ1) is 18.0. The zero-order valence-electron chi connectivity index (χ0n) is 20.7. The summed E-state index contributed by atoms with van der Waals surface area (Å²) in [6.07, 6.45) is 6.30. The van der Waals surface area contributed by atoms with Crippen molar-refractivity contribution in [2.75, 3.05) is 7.11 Å². The van der Waals surface area contributed by atoms with Crippen LogP contribution in [0.3, 0.4) is 0 Å². The van der Waals surface area contributed by atoms with Gasteiger partial charge in [-0.3, -0.25) is 4.79 Å². The second-order valence-electron chi connectivity index (χ2n) is 9.44. The van der Waals surface area contributed by atoms with E-state index in [0.29, 0.717) is 28.2 Å². The Balaban J connectivity index is 1.38. The number of ether oxygens (including phenoxy) is 3. The number of rotatable bonds is 12. The van der Waals surface area contributed by atoms with E-state index in [4.69, 9.17) is 18.7 Å². The van der Waals surface area contributed by atoms with Gasteiger partial charge in [-0.2, -0.15) is 0 Å². The molecular formula is C28H30FNO6S. The molecule has 1 aromatic heterocycles. The number of nitrogens with zero attached hydrogens (tertiary/aromatic N) is 1. The average Bonchev–Trinajstić information content (AvgIpc) is 3.40. The summed E-state index contributed by atoms with van der Waals surface area (Å²) in [6, 6.07) is 11.9. The van der Waals surface area contributed by atoms with E-state index in [0.717, 1.165) is 44.1 Å². The number of hydrogen-bond donors (Lipinski definition) is 1. The predicted molar refractivity (Wildman–Crippen MR) is 138 cm³/mol. The van der Waals surface area contributed by atoms with Gasteiger partial charge in [0.1, 0.15) is 23.9 Å². The Morgan fingerprint density at radius 1 is 1.16 bits per heavy atom. The lowest BCUT2D eigenvalue weighted by atomic mass is 10.1. The number of carbonyl (C=O) groups is 1. The molecule has 1 heterocycles. The molecule has 0 amide bonds. The highest BCUT2D eigenvalue weighted by Crippen LogP contribution is 2.45. The van der Waals surface area contributed by atoms with Crippen molar-refractivity contribution < 1.29 is 33.0 Å². The van der Waals surface area contributed by atoms with Crippen molar-refractivity contribution >= 4 is 17.7 Å². The minimum Gasteiger partial charge on any atom is -0.497 e. The van der Waals surface area contributed by atoms with Crippen molar-refractivity contribution in [3.8, 4) is 28.6 Å². The van der Waals surface area contributed by atoms with Gasteiger partial charge in [-0.05, 0) is 74.4 Å². The summed E-state index contributed by atoms with van der Waals surface area (Å²) in [5, 5.41) is 13.9. The Morgan fingerprint density at radius 2 is 1.97 bits per heavy atom. The van der Waals surface area contributed by atoms with Crippen LogP contribution in [0.15, 0.2) is 47.0 Å². The van der Waals surface area contributed by atoms with Crippen LogP contribution in [0.2, 0.25) is 0 Å². The van der Waals surface area contributed by atoms with Crippen molar-refractivity contribution in [3.63, 3.8) is 0 Å². The number of halogens is 1. The van der Waals surface area contributed by atoms with Crippen molar-refractivity contribution in [3.05, 3.63) is 59.5 Å². The average molecular weight is 528 g/mol. The summed E-state index contributed by atoms with van der Waals surface area (Å²) in [4.78, 5) is 11.4. The molecule has 3 aromatic rings. The molecule has 37 heavy (non-hydrogen) atoms. The van der Waals surface area contributed by atoms with E-state index in [1.165, 1.54) is 13.2 Å². The Morgan fingerprint density at radius 3 is 2.70 bits per heavy atom. The number of benzene rings is 2. The molecule has 0 aliphatic heterocycles. The van der Waals surface area contributed by atoms with Gasteiger partial charge in [-0.15, -0.1) is 11.8 Å². The molecule has 2 aromatic carbocycles. The molecule has 196 valence electrons. The van der Waals surface area contributed by atoms with E-state index in [1.807, 2.05) is 24.3 Å². The first-order valence-corrected chi connectivity index (χ1v) is 13.5. The summed E-state index contributed by atoms with van der Waals surface area (Å²) in [5.41, 5.74) is 1.56. The third-order valence-electron chi connectivity index (χ3n) is 6.57. The van der Waals surface area contributed by atoms with Crippen LogP contribution in [0.25, 0.3) is 11.3 Å². The molecule has 1 N–H and O–H groups in total. The van der Waals surface area contributed by atoms with E-state index in [9.17, 15) is 14.3 Å². The quantitative estimate of drug-likeness (QED) is 0.275. The summed E-state index contributed by atoms with van der Waals surface area (Å²) in [7, 11) is 1.52. The number of methoxy groups -OCH3 is 1. The maximum atomic E-state index is 14.8. The number of hydrogen-bond acceptors (Lipinski definition) is 7. The molecule has 0 bridgehead atoms. The standard InChI is InChI=1S/C28H30FNO6S/c1-33-19-9-12-23(29)22(14-19)27-28(35-18-6-2-3-7-18)24(30-36-27)16-34-20-8-4-5-17(13-20)25(15-26(31)32)37-21-10-11-21/h4-5,8-9,12-14,18,21,25H,2-3,6-7,10-11,15-16H2,1H3,(H,31,32). The number of carboxylic acids is 1. The van der Waals surface area contributed by atoms with E-state index in [2.05, 4.69) is 5.16 Å². The van der Waals surface area contributed by atoms with Crippen molar-refractivity contribution in [2.24, 2.45) is 0 Å². The van der Waals surface area contributed by atoms with Gasteiger partial charge in [0.25, 0.3) is 0 Å². The fourth-order valence-electron chi connectivity index (χ4n) is 4.47. The van der Waals surface area contributed by atoms with Crippen LogP contribution in [0.1, 0.15) is 61.5 Å². The molecule has 0 spiro atoms. The molecule has 9 heteroatoms.